The molecule has 7 heteroatoms. The summed E-state index contributed by atoms with van der Waals surface area (Å²) in [4.78, 5) is 20.4. The van der Waals surface area contributed by atoms with E-state index in [0.717, 1.165) is 5.76 Å². The Labute approximate surface area is 119 Å². The molecule has 0 aromatic carbocycles. The number of urea groups is 1. The second-order valence-corrected chi connectivity index (χ2v) is 6.01. The van der Waals surface area contributed by atoms with E-state index in [0.29, 0.717) is 6.61 Å². The monoisotopic (exact) mass is 285 g/mol. The maximum Gasteiger partial charge on any atom is 0.325 e. The van der Waals surface area contributed by atoms with Gasteiger partial charge in [0, 0.05) is 19.1 Å². The van der Waals surface area contributed by atoms with Gasteiger partial charge in [0.2, 0.25) is 0 Å². The number of carbonyl (C=O) groups excluding carboxylic acids is 1. The third-order valence-electron chi connectivity index (χ3n) is 3.42. The topological polar surface area (TPSA) is 74.3 Å². The molecule has 7 nitrogen and oxygen atoms in total. The molecule has 0 saturated carbocycles. The summed E-state index contributed by atoms with van der Waals surface area (Å²) in [5.41, 5.74) is 2.60. The minimum absolute atomic E-state index is 0.166. The van der Waals surface area contributed by atoms with Gasteiger partial charge in [-0.05, 0) is 13.0 Å². The predicted molar refractivity (Wildman–Crippen MR) is 72.0 cm³/mol. The zero-order valence-electron chi connectivity index (χ0n) is 12.6. The smallest absolute Gasteiger partial charge is 0.325 e. The lowest BCUT2D eigenvalue weighted by Crippen LogP contribution is -2.48. The number of aliphatic hydroxyl groups excluding tert-OH is 1. The summed E-state index contributed by atoms with van der Waals surface area (Å²) < 4.78 is 5.41. The van der Waals surface area contributed by atoms with Crippen molar-refractivity contribution in [1.29, 1.82) is 0 Å². The first-order chi connectivity index (χ1) is 9.27. The molecule has 1 saturated heterocycles. The van der Waals surface area contributed by atoms with E-state index >= 15 is 0 Å². The van der Waals surface area contributed by atoms with Crippen molar-refractivity contribution < 1.29 is 19.5 Å². The molecule has 2 N–H and O–H groups in total. The van der Waals surface area contributed by atoms with Crippen LogP contribution in [0, 0.1) is 5.41 Å². The minimum atomic E-state index is -1.04. The second-order valence-electron chi connectivity index (χ2n) is 6.01. The molecule has 1 fully saturated rings. The highest BCUT2D eigenvalue weighted by Gasteiger charge is 2.48. The maximum absolute atomic E-state index is 12.2. The largest absolute Gasteiger partial charge is 0.410 e. The van der Waals surface area contributed by atoms with Crippen LogP contribution in [0.25, 0.3) is 0 Å². The maximum atomic E-state index is 12.2. The van der Waals surface area contributed by atoms with Gasteiger partial charge in [-0.15, -0.1) is 5.48 Å². The Hall–Kier alpha value is -1.31. The van der Waals surface area contributed by atoms with Gasteiger partial charge in [-0.25, -0.2) is 4.79 Å². The summed E-state index contributed by atoms with van der Waals surface area (Å²) in [7, 11) is 1.61. The van der Waals surface area contributed by atoms with Gasteiger partial charge in [0.25, 0.3) is 0 Å². The number of aliphatic hydroxyl groups is 1. The molecule has 3 atom stereocenters. The van der Waals surface area contributed by atoms with Gasteiger partial charge in [0.15, 0.2) is 12.5 Å². The number of carbonyl (C=O) groups is 1. The quantitative estimate of drug-likeness (QED) is 0.803. The van der Waals surface area contributed by atoms with Crippen LogP contribution in [0.4, 0.5) is 4.79 Å². The van der Waals surface area contributed by atoms with Gasteiger partial charge < -0.3 is 14.7 Å². The number of likely N-dealkylation sites (N-methyl/N-ethyl adjacent to an activating group) is 1. The number of hydrogen-bond donors (Lipinski definition) is 2. The first-order valence-electron chi connectivity index (χ1n) is 6.77. The molecule has 20 heavy (non-hydrogen) atoms. The van der Waals surface area contributed by atoms with Crippen LogP contribution in [0.3, 0.4) is 0 Å². The fourth-order valence-corrected chi connectivity index (χ4v) is 2.27. The molecule has 0 aromatic heterocycles. The zero-order valence-corrected chi connectivity index (χ0v) is 12.6. The molecular formula is C13H23N3O4. The summed E-state index contributed by atoms with van der Waals surface area (Å²) in [6.07, 6.45) is -0.395. The van der Waals surface area contributed by atoms with Crippen molar-refractivity contribution >= 4 is 6.03 Å². The molecule has 0 bridgehead atoms. The van der Waals surface area contributed by atoms with Crippen LogP contribution in [0.1, 0.15) is 27.7 Å². The van der Waals surface area contributed by atoms with Gasteiger partial charge >= 0.3 is 6.03 Å². The number of amides is 2. The van der Waals surface area contributed by atoms with E-state index in [-0.39, 0.29) is 11.4 Å². The van der Waals surface area contributed by atoms with Crippen LogP contribution in [-0.2, 0) is 9.57 Å². The number of hydrogen-bond acceptors (Lipinski definition) is 5. The fourth-order valence-electron chi connectivity index (χ4n) is 2.27. The number of hydroxylamine groups is 1. The van der Waals surface area contributed by atoms with E-state index < -0.39 is 18.6 Å². The van der Waals surface area contributed by atoms with Crippen molar-refractivity contribution in [1.82, 2.24) is 15.3 Å². The summed E-state index contributed by atoms with van der Waals surface area (Å²) >= 11 is 0. The van der Waals surface area contributed by atoms with Crippen molar-refractivity contribution in [3.05, 3.63) is 11.8 Å². The average Bonchev–Trinajstić information content (AvgIpc) is 2.90. The Kier molecular flexibility index (Phi) is 3.95. The lowest BCUT2D eigenvalue weighted by Gasteiger charge is -2.24. The van der Waals surface area contributed by atoms with Crippen molar-refractivity contribution in [3.63, 3.8) is 0 Å². The van der Waals surface area contributed by atoms with Crippen molar-refractivity contribution in [2.75, 3.05) is 13.7 Å². The van der Waals surface area contributed by atoms with Crippen molar-refractivity contribution in [3.8, 4) is 0 Å². The van der Waals surface area contributed by atoms with Crippen molar-refractivity contribution in [2.45, 2.75) is 46.3 Å². The molecule has 0 spiro atoms. The van der Waals surface area contributed by atoms with Gasteiger partial charge in [-0.2, -0.15) is 0 Å². The number of allylic oxidation sites excluding steroid dienone is 1. The molecule has 0 aliphatic carbocycles. The normalized spacial score (nSPS) is 30.8. The summed E-state index contributed by atoms with van der Waals surface area (Å²) in [5, 5.41) is 10.3. The average molecular weight is 285 g/mol. The highest BCUT2D eigenvalue weighted by Crippen LogP contribution is 2.32. The van der Waals surface area contributed by atoms with Crippen LogP contribution >= 0.6 is 0 Å². The van der Waals surface area contributed by atoms with Crippen LogP contribution < -0.4 is 5.48 Å². The summed E-state index contributed by atoms with van der Waals surface area (Å²) in [5.74, 6) is 0.741. The number of ether oxygens (including phenoxy) is 1. The van der Waals surface area contributed by atoms with E-state index in [1.54, 1.807) is 7.05 Å². The molecule has 2 rings (SSSR count). The number of nitrogens with one attached hydrogen (secondary N) is 1. The molecule has 114 valence electrons. The first-order valence-corrected chi connectivity index (χ1v) is 6.77. The third kappa shape index (κ3) is 2.48. The molecule has 2 aliphatic rings. The predicted octanol–water partition coefficient (Wildman–Crippen LogP) is 0.826. The molecule has 2 heterocycles. The van der Waals surface area contributed by atoms with E-state index in [1.807, 2.05) is 33.8 Å². The summed E-state index contributed by atoms with van der Waals surface area (Å²) in [6.45, 7) is 8.29. The van der Waals surface area contributed by atoms with E-state index in [2.05, 4.69) is 5.48 Å². The van der Waals surface area contributed by atoms with Gasteiger partial charge in [-0.1, -0.05) is 20.8 Å². The molecule has 3 unspecified atom stereocenters. The minimum Gasteiger partial charge on any atom is -0.410 e. The molecule has 2 aliphatic heterocycles. The second kappa shape index (κ2) is 5.23. The van der Waals surface area contributed by atoms with Crippen molar-refractivity contribution in [2.24, 2.45) is 5.41 Å². The molecule has 0 radical (unpaired) electrons. The lowest BCUT2D eigenvalue weighted by atomic mass is 9.93. The summed E-state index contributed by atoms with van der Waals surface area (Å²) in [6, 6.07) is -0.302. The number of rotatable bonds is 3. The van der Waals surface area contributed by atoms with E-state index in [4.69, 9.17) is 9.57 Å². The first kappa shape index (κ1) is 15.1. The van der Waals surface area contributed by atoms with Gasteiger partial charge in [0.1, 0.15) is 11.9 Å². The standard InChI is InChI=1S/C13H23N3O4/c1-6-19-11-10(17)16(12(18)15(11)5)9-7-8(20-14-9)13(2,3)4/h7,9-11,14,17H,6H2,1-5H3. The molecule has 2 amide bonds. The Balaban J connectivity index is 2.18. The van der Waals surface area contributed by atoms with Crippen LogP contribution in [-0.4, -0.2) is 53.2 Å². The van der Waals surface area contributed by atoms with Gasteiger partial charge in [-0.3, -0.25) is 9.80 Å². The number of nitrogens with zero attached hydrogens (tertiary/aromatic N) is 2. The van der Waals surface area contributed by atoms with Gasteiger partial charge in [0.05, 0.1) is 0 Å². The zero-order chi connectivity index (χ0) is 15.1. The Morgan fingerprint density at radius 2 is 2.15 bits per heavy atom. The van der Waals surface area contributed by atoms with E-state index in [9.17, 15) is 9.90 Å². The Bertz CT molecular complexity index is 418. The highest BCUT2D eigenvalue weighted by molar-refractivity contribution is 5.77. The Morgan fingerprint density at radius 1 is 1.50 bits per heavy atom. The van der Waals surface area contributed by atoms with Crippen LogP contribution in [0.5, 0.6) is 0 Å². The third-order valence-corrected chi connectivity index (χ3v) is 3.42. The SMILES string of the molecule is CCOC1C(O)N(C2C=C(C(C)(C)C)ON2)C(=O)N1C. The van der Waals surface area contributed by atoms with Crippen LogP contribution in [0.15, 0.2) is 11.8 Å². The fraction of sp³-hybridized carbons (Fsp3) is 0.769. The van der Waals surface area contributed by atoms with E-state index in [1.165, 1.54) is 9.80 Å². The highest BCUT2D eigenvalue weighted by atomic mass is 16.7. The molecule has 0 aromatic rings. The van der Waals surface area contributed by atoms with Crippen LogP contribution in [0.2, 0.25) is 0 Å². The lowest BCUT2D eigenvalue weighted by molar-refractivity contribution is -0.110. The molecular weight excluding hydrogens is 262 g/mol. The Morgan fingerprint density at radius 3 is 2.65 bits per heavy atom.